The number of hydrogen-bond acceptors (Lipinski definition) is 4. The Kier molecular flexibility index (Phi) is 5.18. The van der Waals surface area contributed by atoms with E-state index in [-0.39, 0.29) is 11.3 Å². The SMILES string of the molecule is N=c1ccc(-c2cn(C3CC3)nc2-c2ccc(F)cc2)nn1/C=C/c1ccc(CF)nc1. The van der Waals surface area contributed by atoms with Crippen LogP contribution in [0.15, 0.2) is 60.9 Å². The molecule has 1 N–H and O–H groups in total. The van der Waals surface area contributed by atoms with Crippen LogP contribution in [-0.2, 0) is 6.67 Å². The predicted octanol–water partition coefficient (Wildman–Crippen LogP) is 4.86. The molecule has 0 amide bonds. The van der Waals surface area contributed by atoms with Crippen molar-refractivity contribution in [2.75, 3.05) is 0 Å². The molecule has 160 valence electrons. The molecule has 1 saturated carbocycles. The van der Waals surface area contributed by atoms with E-state index >= 15 is 0 Å². The largest absolute Gasteiger partial charge is 0.283 e. The first-order valence-electron chi connectivity index (χ1n) is 10.3. The van der Waals surface area contributed by atoms with Crippen molar-refractivity contribution in [1.82, 2.24) is 24.5 Å². The van der Waals surface area contributed by atoms with Crippen LogP contribution in [0.4, 0.5) is 8.78 Å². The van der Waals surface area contributed by atoms with Crippen molar-refractivity contribution in [1.29, 1.82) is 5.41 Å². The molecule has 6 nitrogen and oxygen atoms in total. The normalized spacial score (nSPS) is 13.7. The summed E-state index contributed by atoms with van der Waals surface area (Å²) in [5, 5.41) is 17.6. The van der Waals surface area contributed by atoms with E-state index in [1.165, 1.54) is 16.8 Å². The Morgan fingerprint density at radius 2 is 1.84 bits per heavy atom. The van der Waals surface area contributed by atoms with Gasteiger partial charge in [-0.15, -0.1) is 0 Å². The molecule has 0 unspecified atom stereocenters. The van der Waals surface area contributed by atoms with Crippen molar-refractivity contribution < 1.29 is 8.78 Å². The topological polar surface area (TPSA) is 72.4 Å². The average molecular weight is 430 g/mol. The molecule has 0 spiro atoms. The molecule has 0 radical (unpaired) electrons. The van der Waals surface area contributed by atoms with Crippen molar-refractivity contribution >= 4 is 12.3 Å². The molecule has 1 aliphatic carbocycles. The first kappa shape index (κ1) is 20.0. The van der Waals surface area contributed by atoms with Gasteiger partial charge in [-0.3, -0.25) is 15.1 Å². The van der Waals surface area contributed by atoms with E-state index in [1.54, 1.807) is 54.9 Å². The molecule has 0 saturated heterocycles. The second kappa shape index (κ2) is 8.30. The summed E-state index contributed by atoms with van der Waals surface area (Å²) in [4.78, 5) is 4.03. The molecule has 1 aromatic carbocycles. The Labute approximate surface area is 183 Å². The predicted molar refractivity (Wildman–Crippen MR) is 117 cm³/mol. The summed E-state index contributed by atoms with van der Waals surface area (Å²) in [6.45, 7) is -0.607. The molecule has 8 heteroatoms. The zero-order valence-corrected chi connectivity index (χ0v) is 17.1. The number of aromatic nitrogens is 5. The summed E-state index contributed by atoms with van der Waals surface area (Å²) >= 11 is 0. The highest BCUT2D eigenvalue weighted by Gasteiger charge is 2.27. The highest BCUT2D eigenvalue weighted by molar-refractivity contribution is 5.78. The monoisotopic (exact) mass is 430 g/mol. The lowest BCUT2D eigenvalue weighted by molar-refractivity contribution is 0.476. The van der Waals surface area contributed by atoms with Gasteiger partial charge in [-0.25, -0.2) is 13.5 Å². The summed E-state index contributed by atoms with van der Waals surface area (Å²) in [5.74, 6) is -0.300. The first-order chi connectivity index (χ1) is 15.6. The van der Waals surface area contributed by atoms with Crippen molar-refractivity contribution in [2.24, 2.45) is 0 Å². The van der Waals surface area contributed by atoms with Crippen molar-refractivity contribution in [3.8, 4) is 22.5 Å². The van der Waals surface area contributed by atoms with E-state index in [1.807, 2.05) is 10.9 Å². The summed E-state index contributed by atoms with van der Waals surface area (Å²) in [7, 11) is 0. The molecule has 0 bridgehead atoms. The third-order valence-electron chi connectivity index (χ3n) is 5.30. The van der Waals surface area contributed by atoms with Crippen LogP contribution in [0.25, 0.3) is 34.8 Å². The lowest BCUT2D eigenvalue weighted by atomic mass is 10.1. The Bertz CT molecular complexity index is 1330. The Morgan fingerprint density at radius 3 is 2.53 bits per heavy atom. The first-order valence-corrected chi connectivity index (χ1v) is 10.3. The van der Waals surface area contributed by atoms with Gasteiger partial charge >= 0.3 is 0 Å². The lowest BCUT2D eigenvalue weighted by Crippen LogP contribution is -2.17. The van der Waals surface area contributed by atoms with Gasteiger partial charge in [-0.2, -0.15) is 10.2 Å². The molecular weight excluding hydrogens is 410 g/mol. The molecule has 5 rings (SSSR count). The molecule has 3 heterocycles. The van der Waals surface area contributed by atoms with E-state index in [2.05, 4.69) is 10.1 Å². The summed E-state index contributed by atoms with van der Waals surface area (Å²) in [6, 6.07) is 13.5. The number of nitrogens with one attached hydrogen (secondary N) is 1. The van der Waals surface area contributed by atoms with Gasteiger partial charge in [0.2, 0.25) is 0 Å². The fourth-order valence-electron chi connectivity index (χ4n) is 3.39. The number of nitrogens with zero attached hydrogens (tertiary/aromatic N) is 5. The Hall–Kier alpha value is -3.94. The molecule has 1 aliphatic rings. The van der Waals surface area contributed by atoms with Crippen LogP contribution in [0.5, 0.6) is 0 Å². The number of hydrogen-bond donors (Lipinski definition) is 1. The van der Waals surface area contributed by atoms with E-state index in [9.17, 15) is 8.78 Å². The van der Waals surface area contributed by atoms with Crippen LogP contribution in [0.3, 0.4) is 0 Å². The molecule has 0 aliphatic heterocycles. The zero-order chi connectivity index (χ0) is 22.1. The van der Waals surface area contributed by atoms with Crippen LogP contribution in [0.1, 0.15) is 30.1 Å². The Morgan fingerprint density at radius 1 is 1.03 bits per heavy atom. The minimum atomic E-state index is -0.607. The summed E-state index contributed by atoms with van der Waals surface area (Å²) < 4.78 is 29.5. The third kappa shape index (κ3) is 4.12. The van der Waals surface area contributed by atoms with Crippen LogP contribution in [0.2, 0.25) is 0 Å². The van der Waals surface area contributed by atoms with E-state index in [4.69, 9.17) is 10.5 Å². The number of rotatable bonds is 6. The van der Waals surface area contributed by atoms with Crippen LogP contribution < -0.4 is 5.49 Å². The second-order valence-electron chi connectivity index (χ2n) is 7.69. The smallest absolute Gasteiger partial charge is 0.146 e. The van der Waals surface area contributed by atoms with Gasteiger partial charge in [0.15, 0.2) is 0 Å². The number of pyridine rings is 1. The number of alkyl halides is 1. The van der Waals surface area contributed by atoms with Gasteiger partial charge in [0.05, 0.1) is 17.4 Å². The van der Waals surface area contributed by atoms with Crippen LogP contribution >= 0.6 is 0 Å². The van der Waals surface area contributed by atoms with E-state index < -0.39 is 6.67 Å². The minimum absolute atomic E-state index is 0.205. The third-order valence-corrected chi connectivity index (χ3v) is 5.30. The lowest BCUT2D eigenvalue weighted by Gasteiger charge is -2.05. The van der Waals surface area contributed by atoms with Crippen molar-refractivity contribution in [2.45, 2.75) is 25.6 Å². The highest BCUT2D eigenvalue weighted by atomic mass is 19.1. The van der Waals surface area contributed by atoms with Gasteiger partial charge < -0.3 is 0 Å². The van der Waals surface area contributed by atoms with Gasteiger partial charge in [0.1, 0.15) is 23.7 Å². The summed E-state index contributed by atoms with van der Waals surface area (Å²) in [5.41, 5.74) is 4.35. The van der Waals surface area contributed by atoms with E-state index in [0.29, 0.717) is 17.4 Å². The quantitative estimate of drug-likeness (QED) is 0.475. The fraction of sp³-hybridized carbons (Fsp3) is 0.167. The number of halogens is 2. The minimum Gasteiger partial charge on any atom is -0.283 e. The van der Waals surface area contributed by atoms with Crippen molar-refractivity contribution in [3.63, 3.8) is 0 Å². The van der Waals surface area contributed by atoms with Gasteiger partial charge in [-0.1, -0.05) is 6.07 Å². The standard InChI is InChI=1S/C24H20F2N6/c25-13-19-6-1-16(14-28-19)11-12-31-23(27)10-9-22(29-31)21-15-32(20-7-8-20)30-24(21)17-2-4-18(26)5-3-17/h1-6,9-12,14-15,20,27H,7-8,13H2/b12-11+,27-23?. The van der Waals surface area contributed by atoms with Crippen LogP contribution in [-0.4, -0.2) is 24.5 Å². The zero-order valence-electron chi connectivity index (χ0n) is 17.1. The maximum Gasteiger partial charge on any atom is 0.146 e. The Balaban J connectivity index is 1.53. The number of benzene rings is 1. The van der Waals surface area contributed by atoms with E-state index in [0.717, 1.165) is 35.2 Å². The average Bonchev–Trinajstić information content (AvgIpc) is 3.58. The maximum atomic E-state index is 13.4. The van der Waals surface area contributed by atoms with Crippen LogP contribution in [0, 0.1) is 11.2 Å². The molecule has 32 heavy (non-hydrogen) atoms. The molecule has 4 aromatic rings. The van der Waals surface area contributed by atoms with Gasteiger partial charge in [0.25, 0.3) is 0 Å². The molecule has 1 fully saturated rings. The van der Waals surface area contributed by atoms with Gasteiger partial charge in [-0.05, 0) is 66.9 Å². The van der Waals surface area contributed by atoms with Gasteiger partial charge in [0, 0.05) is 29.7 Å². The molecule has 0 atom stereocenters. The summed E-state index contributed by atoms with van der Waals surface area (Å²) in [6.07, 6.45) is 9.14. The fourth-order valence-corrected chi connectivity index (χ4v) is 3.39. The highest BCUT2D eigenvalue weighted by Crippen LogP contribution is 2.38. The maximum absolute atomic E-state index is 13.4. The molecular formula is C24H20F2N6. The molecule has 3 aromatic heterocycles. The van der Waals surface area contributed by atoms with Crippen molar-refractivity contribution in [3.05, 3.63) is 83.5 Å². The second-order valence-corrected chi connectivity index (χ2v) is 7.69.